The fourth-order valence-corrected chi connectivity index (χ4v) is 1.47. The van der Waals surface area contributed by atoms with Crippen LogP contribution in [0.2, 0.25) is 0 Å². The van der Waals surface area contributed by atoms with E-state index in [9.17, 15) is 4.79 Å². The minimum absolute atomic E-state index is 0.346. The number of benzene rings is 1. The topological polar surface area (TPSA) is 44.8 Å². The normalized spacial score (nSPS) is 11.9. The second-order valence-electron chi connectivity index (χ2n) is 3.90. The monoisotopic (exact) mass is 252 g/mol. The predicted octanol–water partition coefficient (Wildman–Crippen LogP) is 2.21. The Balaban J connectivity index is 2.50. The number of methoxy groups -OCH3 is 1. The van der Waals surface area contributed by atoms with Crippen LogP contribution in [0, 0.1) is 0 Å². The number of carbonyl (C=O) groups excluding carboxylic acids is 1. The first kappa shape index (κ1) is 14.5. The molecule has 1 atom stereocenters. The third-order valence-corrected chi connectivity index (χ3v) is 2.45. The highest BCUT2D eigenvalue weighted by atomic mass is 16.6. The van der Waals surface area contributed by atoms with Crippen LogP contribution in [0.3, 0.4) is 0 Å². The standard InChI is InChI=1S/C14H20O4/c1-4-17-14(15)11(2)18-13-7-5-12(6-8-13)9-10-16-3/h5-8,11H,4,9-10H2,1-3H3. The molecule has 1 rings (SSSR count). The molecule has 0 heterocycles. The van der Waals surface area contributed by atoms with Gasteiger partial charge in [-0.05, 0) is 38.0 Å². The van der Waals surface area contributed by atoms with Gasteiger partial charge in [0.05, 0.1) is 13.2 Å². The van der Waals surface area contributed by atoms with Crippen LogP contribution in [0.1, 0.15) is 19.4 Å². The molecule has 18 heavy (non-hydrogen) atoms. The lowest BCUT2D eigenvalue weighted by Gasteiger charge is -2.13. The van der Waals surface area contributed by atoms with E-state index in [1.165, 1.54) is 5.56 Å². The second-order valence-corrected chi connectivity index (χ2v) is 3.90. The van der Waals surface area contributed by atoms with Gasteiger partial charge in [-0.2, -0.15) is 0 Å². The van der Waals surface area contributed by atoms with E-state index >= 15 is 0 Å². The lowest BCUT2D eigenvalue weighted by molar-refractivity contribution is -0.150. The maximum Gasteiger partial charge on any atom is 0.347 e. The summed E-state index contributed by atoms with van der Waals surface area (Å²) < 4.78 is 15.4. The molecule has 4 nitrogen and oxygen atoms in total. The van der Waals surface area contributed by atoms with E-state index in [-0.39, 0.29) is 5.97 Å². The summed E-state index contributed by atoms with van der Waals surface area (Å²) in [5, 5.41) is 0. The molecule has 0 aliphatic heterocycles. The number of carbonyl (C=O) groups is 1. The van der Waals surface area contributed by atoms with Gasteiger partial charge in [-0.15, -0.1) is 0 Å². The van der Waals surface area contributed by atoms with Gasteiger partial charge in [0.1, 0.15) is 5.75 Å². The van der Waals surface area contributed by atoms with Gasteiger partial charge >= 0.3 is 5.97 Å². The fraction of sp³-hybridized carbons (Fsp3) is 0.500. The Kier molecular flexibility index (Phi) is 6.22. The Morgan fingerprint density at radius 3 is 2.50 bits per heavy atom. The van der Waals surface area contributed by atoms with Gasteiger partial charge in [0, 0.05) is 7.11 Å². The van der Waals surface area contributed by atoms with Gasteiger partial charge in [-0.3, -0.25) is 0 Å². The average Bonchev–Trinajstić information content (AvgIpc) is 2.38. The van der Waals surface area contributed by atoms with E-state index in [2.05, 4.69) is 0 Å². The van der Waals surface area contributed by atoms with Crippen LogP contribution in [0.4, 0.5) is 0 Å². The summed E-state index contributed by atoms with van der Waals surface area (Å²) in [6, 6.07) is 7.62. The van der Waals surface area contributed by atoms with Crippen molar-refractivity contribution >= 4 is 5.97 Å². The van der Waals surface area contributed by atoms with E-state index in [0.29, 0.717) is 19.0 Å². The SMILES string of the molecule is CCOC(=O)C(C)Oc1ccc(CCOC)cc1. The quantitative estimate of drug-likeness (QED) is 0.698. The molecule has 0 bridgehead atoms. The van der Waals surface area contributed by atoms with Gasteiger partial charge < -0.3 is 14.2 Å². The van der Waals surface area contributed by atoms with Crippen molar-refractivity contribution < 1.29 is 19.0 Å². The molecule has 0 radical (unpaired) electrons. The summed E-state index contributed by atoms with van der Waals surface area (Å²) >= 11 is 0. The molecule has 0 aromatic heterocycles. The van der Waals surface area contributed by atoms with E-state index in [1.807, 2.05) is 24.3 Å². The molecule has 0 N–H and O–H groups in total. The van der Waals surface area contributed by atoms with Crippen molar-refractivity contribution in [1.29, 1.82) is 0 Å². The largest absolute Gasteiger partial charge is 0.479 e. The molecule has 0 aliphatic carbocycles. The first-order valence-corrected chi connectivity index (χ1v) is 6.08. The summed E-state index contributed by atoms with van der Waals surface area (Å²) in [7, 11) is 1.68. The number of hydrogen-bond donors (Lipinski definition) is 0. The van der Waals surface area contributed by atoms with E-state index in [0.717, 1.165) is 6.42 Å². The van der Waals surface area contributed by atoms with Crippen LogP contribution in [0.25, 0.3) is 0 Å². The van der Waals surface area contributed by atoms with Crippen molar-refractivity contribution in [2.45, 2.75) is 26.4 Å². The van der Waals surface area contributed by atoms with Crippen molar-refractivity contribution in [2.75, 3.05) is 20.3 Å². The number of ether oxygens (including phenoxy) is 3. The molecular weight excluding hydrogens is 232 g/mol. The molecule has 0 amide bonds. The predicted molar refractivity (Wildman–Crippen MR) is 68.7 cm³/mol. The summed E-state index contributed by atoms with van der Waals surface area (Å²) in [5.41, 5.74) is 1.17. The van der Waals surface area contributed by atoms with E-state index in [1.54, 1.807) is 21.0 Å². The van der Waals surface area contributed by atoms with Gasteiger partial charge in [0.15, 0.2) is 6.10 Å². The maximum absolute atomic E-state index is 11.4. The van der Waals surface area contributed by atoms with Crippen LogP contribution in [-0.2, 0) is 20.7 Å². The third-order valence-electron chi connectivity index (χ3n) is 2.45. The zero-order valence-corrected chi connectivity index (χ0v) is 11.1. The fourth-order valence-electron chi connectivity index (χ4n) is 1.47. The zero-order valence-electron chi connectivity index (χ0n) is 11.1. The first-order chi connectivity index (χ1) is 8.67. The summed E-state index contributed by atoms with van der Waals surface area (Å²) in [6.07, 6.45) is 0.277. The lowest BCUT2D eigenvalue weighted by Crippen LogP contribution is -2.26. The highest BCUT2D eigenvalue weighted by molar-refractivity contribution is 5.74. The van der Waals surface area contributed by atoms with Gasteiger partial charge in [-0.1, -0.05) is 12.1 Å². The summed E-state index contributed by atoms with van der Waals surface area (Å²) in [5.74, 6) is 0.317. The first-order valence-electron chi connectivity index (χ1n) is 6.08. The summed E-state index contributed by atoms with van der Waals surface area (Å²) in [4.78, 5) is 11.4. The highest BCUT2D eigenvalue weighted by Crippen LogP contribution is 2.14. The van der Waals surface area contributed by atoms with E-state index < -0.39 is 6.10 Å². The van der Waals surface area contributed by atoms with Crippen molar-refractivity contribution in [3.05, 3.63) is 29.8 Å². The van der Waals surface area contributed by atoms with Crippen molar-refractivity contribution in [3.8, 4) is 5.75 Å². The van der Waals surface area contributed by atoms with Crippen molar-refractivity contribution in [3.63, 3.8) is 0 Å². The zero-order chi connectivity index (χ0) is 13.4. The van der Waals surface area contributed by atoms with Gasteiger partial charge in [-0.25, -0.2) is 4.79 Å². The highest BCUT2D eigenvalue weighted by Gasteiger charge is 2.15. The maximum atomic E-state index is 11.4. The lowest BCUT2D eigenvalue weighted by atomic mass is 10.1. The molecule has 0 saturated heterocycles. The molecule has 4 heteroatoms. The Bertz CT molecular complexity index is 359. The van der Waals surface area contributed by atoms with Crippen molar-refractivity contribution in [2.24, 2.45) is 0 Å². The number of rotatable bonds is 7. The molecule has 0 aliphatic rings. The Morgan fingerprint density at radius 1 is 1.28 bits per heavy atom. The Hall–Kier alpha value is -1.55. The summed E-state index contributed by atoms with van der Waals surface area (Å²) in [6.45, 7) is 4.51. The van der Waals surface area contributed by atoms with E-state index in [4.69, 9.17) is 14.2 Å². The van der Waals surface area contributed by atoms with Gasteiger partial charge in [0.2, 0.25) is 0 Å². The van der Waals surface area contributed by atoms with Crippen LogP contribution in [0.15, 0.2) is 24.3 Å². The third kappa shape index (κ3) is 4.75. The smallest absolute Gasteiger partial charge is 0.347 e. The molecule has 1 aromatic rings. The van der Waals surface area contributed by atoms with Gasteiger partial charge in [0.25, 0.3) is 0 Å². The van der Waals surface area contributed by atoms with Crippen molar-refractivity contribution in [1.82, 2.24) is 0 Å². The Labute approximate surface area is 108 Å². The number of esters is 1. The second kappa shape index (κ2) is 7.71. The molecule has 0 saturated carbocycles. The van der Waals surface area contributed by atoms with Crippen LogP contribution < -0.4 is 4.74 Å². The molecule has 0 fully saturated rings. The minimum Gasteiger partial charge on any atom is -0.479 e. The molecule has 0 spiro atoms. The molecular formula is C14H20O4. The van der Waals surface area contributed by atoms with Crippen LogP contribution >= 0.6 is 0 Å². The minimum atomic E-state index is -0.588. The average molecular weight is 252 g/mol. The van der Waals surface area contributed by atoms with Crippen LogP contribution in [-0.4, -0.2) is 32.4 Å². The molecule has 1 aromatic carbocycles. The van der Waals surface area contributed by atoms with Crippen LogP contribution in [0.5, 0.6) is 5.75 Å². The molecule has 1 unspecified atom stereocenters. The molecule has 100 valence electrons. The Morgan fingerprint density at radius 2 is 1.94 bits per heavy atom. The number of hydrogen-bond acceptors (Lipinski definition) is 4.